The van der Waals surface area contributed by atoms with Crippen molar-refractivity contribution < 1.29 is 13.2 Å². The molecular weight excluding hydrogens is 367 g/mol. The Bertz CT molecular complexity index is 870. The topological polar surface area (TPSA) is 32.9 Å². The van der Waals surface area contributed by atoms with Crippen LogP contribution in [0.5, 0.6) is 0 Å². The van der Waals surface area contributed by atoms with Crippen LogP contribution in [0.1, 0.15) is 41.2 Å². The van der Waals surface area contributed by atoms with Gasteiger partial charge >= 0.3 is 11.0 Å². The zero-order valence-electron chi connectivity index (χ0n) is 13.2. The molecule has 2 aliphatic carbocycles. The standard InChI is InChI=1S/C18H16F3NOS2/c19-18(20,21)11-5-3-8(4-6-11)12-13-9-1-2-10(7-9)14(13)24-16-15(12)25-17(23)22-16/h3-6,9-10,12-14H,1-2,7H2,(H,22,23)/t9-,10+,12-,13+,14+/m1/s1. The van der Waals surface area contributed by atoms with Gasteiger partial charge in [-0.15, -0.1) is 11.8 Å². The van der Waals surface area contributed by atoms with Crippen molar-refractivity contribution in [1.29, 1.82) is 0 Å². The molecule has 0 spiro atoms. The van der Waals surface area contributed by atoms with E-state index in [9.17, 15) is 18.0 Å². The number of thiazole rings is 1. The van der Waals surface area contributed by atoms with E-state index in [1.54, 1.807) is 23.9 Å². The maximum atomic E-state index is 12.9. The van der Waals surface area contributed by atoms with E-state index in [0.29, 0.717) is 23.0 Å². The summed E-state index contributed by atoms with van der Waals surface area (Å²) in [5, 5.41) is 1.41. The molecule has 0 unspecified atom stereocenters. The quantitative estimate of drug-likeness (QED) is 0.742. The fourth-order valence-electron chi connectivity index (χ4n) is 5.10. The molecule has 1 aromatic heterocycles. The Labute approximate surface area is 150 Å². The minimum Gasteiger partial charge on any atom is -0.307 e. The highest BCUT2D eigenvalue weighted by molar-refractivity contribution is 8.00. The molecule has 0 radical (unpaired) electrons. The van der Waals surface area contributed by atoms with Crippen LogP contribution in [0, 0.1) is 17.8 Å². The molecule has 2 bridgehead atoms. The largest absolute Gasteiger partial charge is 0.416 e. The maximum Gasteiger partial charge on any atom is 0.416 e. The molecule has 0 amide bonds. The number of rotatable bonds is 1. The van der Waals surface area contributed by atoms with Crippen molar-refractivity contribution in [2.24, 2.45) is 17.8 Å². The first-order valence-electron chi connectivity index (χ1n) is 8.48. The first-order valence-corrected chi connectivity index (χ1v) is 10.2. The van der Waals surface area contributed by atoms with Gasteiger partial charge in [0.2, 0.25) is 0 Å². The molecule has 2 fully saturated rings. The van der Waals surface area contributed by atoms with Crippen molar-refractivity contribution >= 4 is 23.1 Å². The van der Waals surface area contributed by atoms with E-state index in [2.05, 4.69) is 4.98 Å². The normalized spacial score (nSPS) is 33.3. The summed E-state index contributed by atoms with van der Waals surface area (Å²) in [5.74, 6) is 1.77. The van der Waals surface area contributed by atoms with Crippen LogP contribution in [-0.2, 0) is 6.18 Å². The summed E-state index contributed by atoms with van der Waals surface area (Å²) < 4.78 is 38.7. The summed E-state index contributed by atoms with van der Waals surface area (Å²) in [6.07, 6.45) is -0.654. The van der Waals surface area contributed by atoms with Crippen LogP contribution in [-0.4, -0.2) is 10.2 Å². The summed E-state index contributed by atoms with van der Waals surface area (Å²) in [5.41, 5.74) is 0.292. The number of aromatic amines is 1. The number of H-pyrrole nitrogens is 1. The zero-order valence-corrected chi connectivity index (χ0v) is 14.8. The first kappa shape index (κ1) is 16.0. The Kier molecular flexibility index (Phi) is 3.45. The highest BCUT2D eigenvalue weighted by Crippen LogP contribution is 2.63. The highest BCUT2D eigenvalue weighted by Gasteiger charge is 2.54. The molecule has 1 N–H and O–H groups in total. The lowest BCUT2D eigenvalue weighted by molar-refractivity contribution is -0.137. The predicted octanol–water partition coefficient (Wildman–Crippen LogP) is 5.11. The van der Waals surface area contributed by atoms with E-state index >= 15 is 0 Å². The summed E-state index contributed by atoms with van der Waals surface area (Å²) in [4.78, 5) is 15.8. The Morgan fingerprint density at radius 3 is 2.52 bits per heavy atom. The van der Waals surface area contributed by atoms with Crippen molar-refractivity contribution in [3.05, 3.63) is 49.9 Å². The van der Waals surface area contributed by atoms with E-state index in [1.165, 1.54) is 42.7 Å². The van der Waals surface area contributed by atoms with E-state index in [0.717, 1.165) is 15.5 Å². The molecule has 2 nitrogen and oxygen atoms in total. The van der Waals surface area contributed by atoms with Crippen LogP contribution in [0.15, 0.2) is 34.1 Å². The van der Waals surface area contributed by atoms with Gasteiger partial charge in [-0.2, -0.15) is 13.2 Å². The molecule has 0 saturated heterocycles. The first-order chi connectivity index (χ1) is 11.9. The Balaban J connectivity index is 1.61. The molecule has 1 aliphatic heterocycles. The summed E-state index contributed by atoms with van der Waals surface area (Å²) in [7, 11) is 0. The van der Waals surface area contributed by atoms with Gasteiger partial charge in [0.05, 0.1) is 10.6 Å². The molecule has 2 heterocycles. The van der Waals surface area contributed by atoms with Crippen molar-refractivity contribution in [1.82, 2.24) is 4.98 Å². The van der Waals surface area contributed by atoms with Gasteiger partial charge in [-0.1, -0.05) is 23.5 Å². The molecule has 2 saturated carbocycles. The number of halogens is 3. The summed E-state index contributed by atoms with van der Waals surface area (Å²) in [6.45, 7) is 0. The van der Waals surface area contributed by atoms with Gasteiger partial charge in [0, 0.05) is 16.0 Å². The zero-order chi connectivity index (χ0) is 17.3. The molecule has 132 valence electrons. The van der Waals surface area contributed by atoms with Crippen LogP contribution < -0.4 is 4.87 Å². The predicted molar refractivity (Wildman–Crippen MR) is 92.2 cm³/mol. The summed E-state index contributed by atoms with van der Waals surface area (Å²) in [6, 6.07) is 5.57. The van der Waals surface area contributed by atoms with Gasteiger partial charge in [0.1, 0.15) is 0 Å². The number of hydrogen-bond acceptors (Lipinski definition) is 3. The molecule has 5 rings (SSSR count). The average Bonchev–Trinajstić information content (AvgIpc) is 3.25. The minimum absolute atomic E-state index is 0.0442. The third-order valence-electron chi connectivity index (χ3n) is 6.06. The molecule has 3 aliphatic rings. The number of nitrogens with one attached hydrogen (secondary N) is 1. The van der Waals surface area contributed by atoms with Crippen LogP contribution in [0.25, 0.3) is 0 Å². The van der Waals surface area contributed by atoms with E-state index < -0.39 is 11.7 Å². The Hall–Kier alpha value is -1.21. The van der Waals surface area contributed by atoms with Gasteiger partial charge in [-0.25, -0.2) is 0 Å². The number of benzene rings is 1. The monoisotopic (exact) mass is 383 g/mol. The molecule has 7 heteroatoms. The molecular formula is C18H16F3NOS2. The van der Waals surface area contributed by atoms with Gasteiger partial charge < -0.3 is 4.98 Å². The third kappa shape index (κ3) is 2.42. The van der Waals surface area contributed by atoms with Crippen molar-refractivity contribution in [2.45, 2.75) is 41.6 Å². The maximum absolute atomic E-state index is 12.9. The molecule has 1 aromatic carbocycles. The molecule has 25 heavy (non-hydrogen) atoms. The Morgan fingerprint density at radius 2 is 1.80 bits per heavy atom. The van der Waals surface area contributed by atoms with Crippen molar-refractivity contribution in [3.63, 3.8) is 0 Å². The SMILES string of the molecule is O=c1[nH]c2c(s1)[C@H](c1ccc(C(F)(F)F)cc1)[C@@H]1[C@@H]3CC[C@@H](C3)[C@@H]1S2. The highest BCUT2D eigenvalue weighted by atomic mass is 32.2. The lowest BCUT2D eigenvalue weighted by atomic mass is 9.75. The van der Waals surface area contributed by atoms with Gasteiger partial charge in [0.25, 0.3) is 0 Å². The third-order valence-corrected chi connectivity index (χ3v) is 8.69. The van der Waals surface area contributed by atoms with Crippen molar-refractivity contribution in [2.75, 3.05) is 0 Å². The number of thioether (sulfide) groups is 1. The fourth-order valence-corrected chi connectivity index (χ4v) is 8.00. The average molecular weight is 383 g/mol. The lowest BCUT2D eigenvalue weighted by Crippen LogP contribution is -2.33. The van der Waals surface area contributed by atoms with Gasteiger partial charge in [-0.3, -0.25) is 4.79 Å². The second kappa shape index (κ2) is 5.39. The Morgan fingerprint density at radius 1 is 1.08 bits per heavy atom. The van der Waals surface area contributed by atoms with Gasteiger partial charge in [-0.05, 0) is 54.7 Å². The number of hydrogen-bond donors (Lipinski definition) is 1. The molecule has 2 aromatic rings. The van der Waals surface area contributed by atoms with Crippen molar-refractivity contribution in [3.8, 4) is 0 Å². The van der Waals surface area contributed by atoms with Crippen LogP contribution in [0.2, 0.25) is 0 Å². The van der Waals surface area contributed by atoms with E-state index in [1.807, 2.05) is 0 Å². The summed E-state index contributed by atoms with van der Waals surface area (Å²) >= 11 is 3.02. The van der Waals surface area contributed by atoms with E-state index in [-0.39, 0.29) is 10.8 Å². The smallest absolute Gasteiger partial charge is 0.307 e. The van der Waals surface area contributed by atoms with E-state index in [4.69, 9.17) is 0 Å². The number of fused-ring (bicyclic) bond motifs is 6. The second-order valence-electron chi connectivity index (χ2n) is 7.30. The number of alkyl halides is 3. The van der Waals surface area contributed by atoms with Crippen LogP contribution in [0.4, 0.5) is 13.2 Å². The molecule has 5 atom stereocenters. The lowest BCUT2D eigenvalue weighted by Gasteiger charge is -2.40. The van der Waals surface area contributed by atoms with Crippen LogP contribution in [0.3, 0.4) is 0 Å². The van der Waals surface area contributed by atoms with Gasteiger partial charge in [0.15, 0.2) is 0 Å². The second-order valence-corrected chi connectivity index (χ2v) is 9.50. The van der Waals surface area contributed by atoms with Crippen LogP contribution >= 0.6 is 23.1 Å². The number of aromatic nitrogens is 1. The fraction of sp³-hybridized carbons (Fsp3) is 0.500. The minimum atomic E-state index is -4.32.